The van der Waals surface area contributed by atoms with E-state index in [1.807, 2.05) is 21.0 Å². The number of nitrogens with zero attached hydrogens (tertiary/aromatic N) is 1. The summed E-state index contributed by atoms with van der Waals surface area (Å²) in [6.45, 7) is 4.04. The molecule has 0 atom stereocenters. The molecule has 1 aromatic carbocycles. The first-order valence-corrected chi connectivity index (χ1v) is 7.00. The summed E-state index contributed by atoms with van der Waals surface area (Å²) in [7, 11) is 4.08. The molecule has 1 aromatic rings. The van der Waals surface area contributed by atoms with Gasteiger partial charge in [-0.3, -0.25) is 4.79 Å². The minimum atomic E-state index is -0.134. The number of nitrogens with one attached hydrogen (secondary N) is 1. The molecule has 5 nitrogen and oxygen atoms in total. The number of ether oxygens (including phenoxy) is 1. The zero-order valence-electron chi connectivity index (χ0n) is 12.6. The number of hydrogen-bond donors (Lipinski definition) is 2. The van der Waals surface area contributed by atoms with E-state index >= 15 is 0 Å². The summed E-state index contributed by atoms with van der Waals surface area (Å²) < 4.78 is 5.46. The molecule has 0 bridgehead atoms. The Hall–Kier alpha value is -1.75. The molecule has 0 spiro atoms. The minimum absolute atomic E-state index is 0.134. The van der Waals surface area contributed by atoms with Crippen molar-refractivity contribution in [1.82, 2.24) is 10.2 Å². The second-order valence-electron chi connectivity index (χ2n) is 4.92. The summed E-state index contributed by atoms with van der Waals surface area (Å²) in [6, 6.07) is 5.23. The van der Waals surface area contributed by atoms with Crippen LogP contribution in [0.5, 0.6) is 5.75 Å². The molecule has 0 saturated carbocycles. The van der Waals surface area contributed by atoms with Crippen LogP contribution in [0, 0.1) is 0 Å². The highest BCUT2D eigenvalue weighted by molar-refractivity contribution is 5.98. The van der Waals surface area contributed by atoms with Gasteiger partial charge in [0.25, 0.3) is 5.91 Å². The third-order valence-electron chi connectivity index (χ3n) is 2.90. The van der Waals surface area contributed by atoms with E-state index < -0.39 is 0 Å². The van der Waals surface area contributed by atoms with E-state index in [0.717, 1.165) is 19.4 Å². The van der Waals surface area contributed by atoms with Gasteiger partial charge in [0.05, 0.1) is 17.9 Å². The zero-order chi connectivity index (χ0) is 15.0. The fourth-order valence-electron chi connectivity index (χ4n) is 1.89. The van der Waals surface area contributed by atoms with Crippen molar-refractivity contribution < 1.29 is 9.53 Å². The minimum Gasteiger partial charge on any atom is -0.491 e. The average Bonchev–Trinajstić information content (AvgIpc) is 2.40. The molecule has 5 heteroatoms. The van der Waals surface area contributed by atoms with E-state index in [1.165, 1.54) is 0 Å². The van der Waals surface area contributed by atoms with Crippen molar-refractivity contribution in [3.63, 3.8) is 0 Å². The van der Waals surface area contributed by atoms with Crippen molar-refractivity contribution in [2.75, 3.05) is 39.5 Å². The van der Waals surface area contributed by atoms with Crippen LogP contribution >= 0.6 is 0 Å². The third-order valence-corrected chi connectivity index (χ3v) is 2.90. The molecule has 1 rings (SSSR count). The maximum absolute atomic E-state index is 12.1. The molecule has 0 unspecified atom stereocenters. The predicted octanol–water partition coefficient (Wildman–Crippen LogP) is 1.74. The summed E-state index contributed by atoms with van der Waals surface area (Å²) in [4.78, 5) is 14.3. The van der Waals surface area contributed by atoms with Crippen molar-refractivity contribution in [1.29, 1.82) is 0 Å². The Morgan fingerprint density at radius 1 is 1.35 bits per heavy atom. The maximum atomic E-state index is 12.1. The molecular formula is C15H25N3O2. The van der Waals surface area contributed by atoms with E-state index in [-0.39, 0.29) is 5.91 Å². The fraction of sp³-hybridized carbons (Fsp3) is 0.533. The molecule has 0 fully saturated rings. The van der Waals surface area contributed by atoms with Crippen molar-refractivity contribution in [2.24, 2.45) is 0 Å². The highest BCUT2D eigenvalue weighted by Gasteiger charge is 2.14. The van der Waals surface area contributed by atoms with Gasteiger partial charge in [0.15, 0.2) is 5.75 Å². The molecule has 0 aliphatic rings. The normalized spacial score (nSPS) is 10.6. The highest BCUT2D eigenvalue weighted by atomic mass is 16.5. The third kappa shape index (κ3) is 5.09. The summed E-state index contributed by atoms with van der Waals surface area (Å²) in [5.41, 5.74) is 6.84. The second kappa shape index (κ2) is 8.43. The van der Waals surface area contributed by atoms with Crippen LogP contribution < -0.4 is 15.8 Å². The van der Waals surface area contributed by atoms with Crippen molar-refractivity contribution >= 4 is 11.6 Å². The number of unbranched alkanes of at least 4 members (excludes halogenated alkanes) is 1. The van der Waals surface area contributed by atoms with Gasteiger partial charge >= 0.3 is 0 Å². The number of para-hydroxylation sites is 1. The van der Waals surface area contributed by atoms with Crippen LogP contribution in [0.15, 0.2) is 18.2 Å². The largest absolute Gasteiger partial charge is 0.491 e. The zero-order valence-corrected chi connectivity index (χ0v) is 12.6. The lowest BCUT2D eigenvalue weighted by Gasteiger charge is -2.13. The van der Waals surface area contributed by atoms with Crippen LogP contribution in [0.1, 0.15) is 30.1 Å². The fourth-order valence-corrected chi connectivity index (χ4v) is 1.89. The monoisotopic (exact) mass is 279 g/mol. The molecule has 0 aliphatic heterocycles. The van der Waals surface area contributed by atoms with E-state index in [2.05, 4.69) is 10.2 Å². The van der Waals surface area contributed by atoms with Crippen molar-refractivity contribution in [3.05, 3.63) is 23.8 Å². The predicted molar refractivity (Wildman–Crippen MR) is 82.1 cm³/mol. The number of amides is 1. The Balaban J connectivity index is 2.53. The van der Waals surface area contributed by atoms with E-state index in [9.17, 15) is 4.79 Å². The maximum Gasteiger partial charge on any atom is 0.255 e. The van der Waals surface area contributed by atoms with Gasteiger partial charge in [0.2, 0.25) is 0 Å². The quantitative estimate of drug-likeness (QED) is 0.562. The number of carbonyl (C=O) groups is 1. The van der Waals surface area contributed by atoms with Gasteiger partial charge in [-0.1, -0.05) is 6.07 Å². The first-order valence-electron chi connectivity index (χ1n) is 7.00. The summed E-state index contributed by atoms with van der Waals surface area (Å²) in [5, 5.41) is 2.91. The van der Waals surface area contributed by atoms with Crippen molar-refractivity contribution in [3.8, 4) is 5.75 Å². The number of anilines is 1. The van der Waals surface area contributed by atoms with E-state index in [4.69, 9.17) is 10.5 Å². The van der Waals surface area contributed by atoms with Gasteiger partial charge in [-0.2, -0.15) is 0 Å². The van der Waals surface area contributed by atoms with Crippen LogP contribution in [0.2, 0.25) is 0 Å². The van der Waals surface area contributed by atoms with Gasteiger partial charge in [-0.25, -0.2) is 0 Å². The smallest absolute Gasteiger partial charge is 0.255 e. The number of hydrogen-bond acceptors (Lipinski definition) is 4. The Labute approximate surface area is 121 Å². The van der Waals surface area contributed by atoms with E-state index in [1.54, 1.807) is 18.2 Å². The second-order valence-corrected chi connectivity index (χ2v) is 4.92. The topological polar surface area (TPSA) is 67.6 Å². The molecule has 0 radical (unpaired) electrons. The first-order chi connectivity index (χ1) is 9.56. The molecule has 3 N–H and O–H groups in total. The molecule has 0 heterocycles. The van der Waals surface area contributed by atoms with Crippen LogP contribution in [0.4, 0.5) is 5.69 Å². The summed E-state index contributed by atoms with van der Waals surface area (Å²) in [6.07, 6.45) is 2.01. The SMILES string of the molecule is CCOc1c(N)cccc1C(=O)NCCCCN(C)C. The average molecular weight is 279 g/mol. The lowest BCUT2D eigenvalue weighted by molar-refractivity contribution is 0.0949. The van der Waals surface area contributed by atoms with Gasteiger partial charge < -0.3 is 20.7 Å². The molecule has 1 amide bonds. The van der Waals surface area contributed by atoms with Gasteiger partial charge in [-0.05, 0) is 52.5 Å². The van der Waals surface area contributed by atoms with Crippen molar-refractivity contribution in [2.45, 2.75) is 19.8 Å². The molecule has 0 aromatic heterocycles. The standard InChI is InChI=1S/C15H25N3O2/c1-4-20-14-12(8-7-9-13(14)16)15(19)17-10-5-6-11-18(2)3/h7-9H,4-6,10-11,16H2,1-3H3,(H,17,19). The number of benzene rings is 1. The first kappa shape index (κ1) is 16.3. The lowest BCUT2D eigenvalue weighted by atomic mass is 10.1. The molecule has 0 saturated heterocycles. The van der Waals surface area contributed by atoms with Crippen LogP contribution in [0.3, 0.4) is 0 Å². The summed E-state index contributed by atoms with van der Waals surface area (Å²) >= 11 is 0. The van der Waals surface area contributed by atoms with Gasteiger partial charge in [-0.15, -0.1) is 0 Å². The number of nitrogens with two attached hydrogens (primary N) is 1. The van der Waals surface area contributed by atoms with Crippen LogP contribution in [0.25, 0.3) is 0 Å². The molecule has 20 heavy (non-hydrogen) atoms. The van der Waals surface area contributed by atoms with E-state index in [0.29, 0.717) is 30.2 Å². The lowest BCUT2D eigenvalue weighted by Crippen LogP contribution is -2.26. The Morgan fingerprint density at radius 3 is 2.75 bits per heavy atom. The van der Waals surface area contributed by atoms with Crippen LogP contribution in [-0.2, 0) is 0 Å². The number of nitrogen functional groups attached to an aromatic ring is 1. The number of rotatable bonds is 8. The van der Waals surface area contributed by atoms with Crippen LogP contribution in [-0.4, -0.2) is 44.6 Å². The Bertz CT molecular complexity index is 433. The Morgan fingerprint density at radius 2 is 2.10 bits per heavy atom. The summed E-state index contributed by atoms with van der Waals surface area (Å²) in [5.74, 6) is 0.339. The molecule has 112 valence electrons. The number of carbonyl (C=O) groups excluding carboxylic acids is 1. The van der Waals surface area contributed by atoms with Gasteiger partial charge in [0.1, 0.15) is 0 Å². The van der Waals surface area contributed by atoms with Gasteiger partial charge in [0, 0.05) is 6.54 Å². The molecular weight excluding hydrogens is 254 g/mol. The molecule has 0 aliphatic carbocycles. The highest BCUT2D eigenvalue weighted by Crippen LogP contribution is 2.26. The Kier molecular flexibility index (Phi) is 6.87.